The maximum atomic E-state index is 12.4. The summed E-state index contributed by atoms with van der Waals surface area (Å²) in [7, 11) is 0. The smallest absolute Gasteiger partial charge is 0.331 e. The molecule has 0 aliphatic carbocycles. The predicted molar refractivity (Wildman–Crippen MR) is 145 cm³/mol. The largest absolute Gasteiger partial charge is 0.508 e. The Morgan fingerprint density at radius 3 is 2.33 bits per heavy atom. The Morgan fingerprint density at radius 1 is 0.974 bits per heavy atom. The maximum absolute atomic E-state index is 12.4. The van der Waals surface area contributed by atoms with Crippen molar-refractivity contribution in [3.05, 3.63) is 83.0 Å². The van der Waals surface area contributed by atoms with Gasteiger partial charge in [-0.1, -0.05) is 18.2 Å². The molecule has 2 aromatic carbocycles. The van der Waals surface area contributed by atoms with E-state index in [4.69, 9.17) is 4.74 Å². The Balaban J connectivity index is 1.78. The van der Waals surface area contributed by atoms with Crippen LogP contribution in [-0.2, 0) is 14.3 Å². The SMILES string of the molecule is C/C(=C\CC[C@H](CO)CCC/C(=C/C(=O)c1cc(O)ccc1O)C(=O)O)COC(=O)/C=C/c1ccc(O)cc1. The molecule has 0 aromatic heterocycles. The molecule has 9 nitrogen and oxygen atoms in total. The highest BCUT2D eigenvalue weighted by molar-refractivity contribution is 6.10. The molecule has 0 bridgehead atoms. The third-order valence-corrected chi connectivity index (χ3v) is 5.96. The highest BCUT2D eigenvalue weighted by atomic mass is 16.5. The molecule has 39 heavy (non-hydrogen) atoms. The average molecular weight is 539 g/mol. The lowest BCUT2D eigenvalue weighted by Gasteiger charge is -2.13. The lowest BCUT2D eigenvalue weighted by Crippen LogP contribution is -2.09. The number of carboxylic acids is 1. The van der Waals surface area contributed by atoms with Gasteiger partial charge in [0.2, 0.25) is 0 Å². The van der Waals surface area contributed by atoms with Crippen LogP contribution in [0.15, 0.2) is 71.8 Å². The third kappa shape index (κ3) is 11.3. The molecule has 0 aliphatic rings. The summed E-state index contributed by atoms with van der Waals surface area (Å²) in [6.45, 7) is 1.88. The molecular weight excluding hydrogens is 504 g/mol. The van der Waals surface area contributed by atoms with Gasteiger partial charge in [-0.2, -0.15) is 0 Å². The lowest BCUT2D eigenvalue weighted by molar-refractivity contribution is -0.136. The van der Waals surface area contributed by atoms with Gasteiger partial charge in [0, 0.05) is 18.3 Å². The molecule has 208 valence electrons. The maximum Gasteiger partial charge on any atom is 0.331 e. The number of aliphatic hydroxyl groups excluding tert-OH is 1. The topological polar surface area (TPSA) is 162 Å². The molecule has 5 N–H and O–H groups in total. The summed E-state index contributed by atoms with van der Waals surface area (Å²) in [6, 6.07) is 9.81. The number of carbonyl (C=O) groups excluding carboxylic acids is 2. The van der Waals surface area contributed by atoms with E-state index in [1.807, 2.05) is 13.0 Å². The van der Waals surface area contributed by atoms with Crippen molar-refractivity contribution in [3.8, 4) is 17.2 Å². The summed E-state index contributed by atoms with van der Waals surface area (Å²) in [5.74, 6) is -3.00. The van der Waals surface area contributed by atoms with Gasteiger partial charge in [-0.3, -0.25) is 4.79 Å². The van der Waals surface area contributed by atoms with Crippen LogP contribution < -0.4 is 0 Å². The van der Waals surface area contributed by atoms with Crippen molar-refractivity contribution in [1.29, 1.82) is 0 Å². The number of carbonyl (C=O) groups is 3. The van der Waals surface area contributed by atoms with Gasteiger partial charge in [-0.05, 0) is 98.6 Å². The summed E-state index contributed by atoms with van der Waals surface area (Å²) >= 11 is 0. The first-order valence-electron chi connectivity index (χ1n) is 12.5. The molecule has 0 saturated carbocycles. The summed E-state index contributed by atoms with van der Waals surface area (Å²) < 4.78 is 5.21. The summed E-state index contributed by atoms with van der Waals surface area (Å²) in [5, 5.41) is 47.8. The van der Waals surface area contributed by atoms with Crippen LogP contribution in [0, 0.1) is 5.92 Å². The van der Waals surface area contributed by atoms with Gasteiger partial charge in [0.25, 0.3) is 0 Å². The minimum atomic E-state index is -1.26. The molecule has 2 rings (SSSR count). The second-order valence-electron chi connectivity index (χ2n) is 9.14. The zero-order valence-corrected chi connectivity index (χ0v) is 21.7. The van der Waals surface area contributed by atoms with Crippen molar-refractivity contribution in [2.75, 3.05) is 13.2 Å². The van der Waals surface area contributed by atoms with Gasteiger partial charge in [-0.25, -0.2) is 9.59 Å². The van der Waals surface area contributed by atoms with Crippen molar-refractivity contribution in [3.63, 3.8) is 0 Å². The van der Waals surface area contributed by atoms with E-state index in [2.05, 4.69) is 0 Å². The fraction of sp³-hybridized carbons (Fsp3) is 0.300. The monoisotopic (exact) mass is 538 g/mol. The number of hydrogen-bond acceptors (Lipinski definition) is 8. The van der Waals surface area contributed by atoms with Crippen LogP contribution in [0.5, 0.6) is 17.2 Å². The second-order valence-corrected chi connectivity index (χ2v) is 9.14. The molecule has 0 radical (unpaired) electrons. The molecule has 0 aliphatic heterocycles. The van der Waals surface area contributed by atoms with E-state index < -0.39 is 17.7 Å². The van der Waals surface area contributed by atoms with Crippen molar-refractivity contribution in [2.45, 2.75) is 39.0 Å². The van der Waals surface area contributed by atoms with Gasteiger partial charge in [0.05, 0.1) is 5.56 Å². The Morgan fingerprint density at radius 2 is 1.67 bits per heavy atom. The zero-order valence-electron chi connectivity index (χ0n) is 21.7. The van der Waals surface area contributed by atoms with E-state index in [-0.39, 0.29) is 53.9 Å². The zero-order chi connectivity index (χ0) is 28.8. The molecular formula is C30H34O9. The van der Waals surface area contributed by atoms with Crippen LogP contribution in [0.25, 0.3) is 6.08 Å². The second kappa shape index (κ2) is 15.8. The molecule has 0 unspecified atom stereocenters. The van der Waals surface area contributed by atoms with E-state index in [1.54, 1.807) is 18.2 Å². The minimum absolute atomic E-state index is 0.0772. The minimum Gasteiger partial charge on any atom is -0.508 e. The number of rotatable bonds is 15. The molecule has 2 aromatic rings. The Kier molecular flexibility index (Phi) is 12.5. The molecule has 0 saturated heterocycles. The molecule has 1 atom stereocenters. The predicted octanol–water partition coefficient (Wildman–Crippen LogP) is 4.76. The number of phenols is 3. The molecule has 9 heteroatoms. The van der Waals surface area contributed by atoms with Crippen molar-refractivity contribution in [1.82, 2.24) is 0 Å². The van der Waals surface area contributed by atoms with E-state index >= 15 is 0 Å². The molecule has 0 amide bonds. The van der Waals surface area contributed by atoms with Crippen molar-refractivity contribution < 1.29 is 44.7 Å². The summed E-state index contributed by atoms with van der Waals surface area (Å²) in [5.41, 5.74) is 1.28. The van der Waals surface area contributed by atoms with Gasteiger partial charge in [-0.15, -0.1) is 0 Å². The van der Waals surface area contributed by atoms with E-state index in [9.17, 15) is 39.9 Å². The first kappa shape index (κ1) is 30.9. The number of esters is 1. The van der Waals surface area contributed by atoms with Crippen LogP contribution in [0.2, 0.25) is 0 Å². The van der Waals surface area contributed by atoms with Gasteiger partial charge < -0.3 is 30.3 Å². The van der Waals surface area contributed by atoms with Crippen LogP contribution in [-0.4, -0.2) is 56.5 Å². The summed E-state index contributed by atoms with van der Waals surface area (Å²) in [6.07, 6.45) is 8.10. The van der Waals surface area contributed by atoms with Crippen LogP contribution in [0.1, 0.15) is 54.9 Å². The Labute approximate surface area is 227 Å². The highest BCUT2D eigenvalue weighted by Gasteiger charge is 2.16. The van der Waals surface area contributed by atoms with Gasteiger partial charge >= 0.3 is 11.9 Å². The average Bonchev–Trinajstić information content (AvgIpc) is 2.91. The number of aliphatic hydroxyl groups is 1. The Bertz CT molecular complexity index is 1220. The number of allylic oxidation sites excluding steroid dienone is 2. The fourth-order valence-electron chi connectivity index (χ4n) is 3.71. The van der Waals surface area contributed by atoms with E-state index in [0.29, 0.717) is 25.7 Å². The van der Waals surface area contributed by atoms with Crippen molar-refractivity contribution >= 4 is 23.8 Å². The normalized spacial score (nSPS) is 12.9. The Hall–Kier alpha value is -4.37. The lowest BCUT2D eigenvalue weighted by atomic mass is 9.95. The number of phenolic OH excluding ortho intramolecular Hbond substituents is 3. The first-order chi connectivity index (χ1) is 18.6. The molecule has 0 heterocycles. The number of benzene rings is 2. The quantitative estimate of drug-likeness (QED) is 0.0708. The standard InChI is InChI=1S/C30H34O9/c1-20(19-39-29(36)15-10-21-8-11-24(32)12-9-21)4-2-5-22(18-31)6-3-7-23(30(37)38)16-28(35)26-17-25(33)13-14-27(26)34/h4,8-17,22,31-34H,2-3,5-7,18-19H2,1H3,(H,37,38)/b15-10+,20-4+,23-16-/t22-/m0/s1. The summed E-state index contributed by atoms with van der Waals surface area (Å²) in [4.78, 5) is 35.9. The molecule has 0 spiro atoms. The van der Waals surface area contributed by atoms with Crippen molar-refractivity contribution in [2.24, 2.45) is 5.92 Å². The highest BCUT2D eigenvalue weighted by Crippen LogP contribution is 2.24. The van der Waals surface area contributed by atoms with E-state index in [0.717, 1.165) is 29.3 Å². The molecule has 0 fully saturated rings. The fourth-order valence-corrected chi connectivity index (χ4v) is 3.71. The number of hydrogen-bond donors (Lipinski definition) is 5. The van der Waals surface area contributed by atoms with Gasteiger partial charge in [0.15, 0.2) is 5.78 Å². The van der Waals surface area contributed by atoms with Crippen LogP contribution >= 0.6 is 0 Å². The number of aliphatic carboxylic acids is 1. The first-order valence-corrected chi connectivity index (χ1v) is 12.5. The number of carboxylic acid groups (broad SMARTS) is 1. The van der Waals surface area contributed by atoms with E-state index in [1.165, 1.54) is 24.3 Å². The number of ether oxygens (including phenoxy) is 1. The van der Waals surface area contributed by atoms with Gasteiger partial charge in [0.1, 0.15) is 23.9 Å². The van der Waals surface area contributed by atoms with Crippen LogP contribution in [0.4, 0.5) is 0 Å². The number of aromatic hydroxyl groups is 3. The van der Waals surface area contributed by atoms with Crippen LogP contribution in [0.3, 0.4) is 0 Å². The number of ketones is 1. The third-order valence-electron chi connectivity index (χ3n) is 5.96.